The van der Waals surface area contributed by atoms with Crippen LogP contribution in [-0.4, -0.2) is 59.0 Å². The number of carbonyl (C=O) groups is 4. The largest absolute Gasteiger partial charge is 0.480 e. The van der Waals surface area contributed by atoms with Crippen molar-refractivity contribution in [3.05, 3.63) is 35.9 Å². The van der Waals surface area contributed by atoms with Gasteiger partial charge in [-0.1, -0.05) is 52.9 Å². The van der Waals surface area contributed by atoms with E-state index in [1.54, 1.807) is 0 Å². The molecule has 0 saturated heterocycles. The van der Waals surface area contributed by atoms with Gasteiger partial charge in [0.05, 0.1) is 24.2 Å². The average Bonchev–Trinajstić information content (AvgIpc) is 2.64. The Hall–Kier alpha value is -2.21. The third kappa shape index (κ3) is 9.32. The third-order valence-electron chi connectivity index (χ3n) is 3.03. The van der Waals surface area contributed by atoms with Gasteiger partial charge in [-0.05, 0) is 5.56 Å². The summed E-state index contributed by atoms with van der Waals surface area (Å²) in [5.74, 6) is -2.79. The predicted octanol–water partition coefficient (Wildman–Crippen LogP) is -0.560. The lowest BCUT2D eigenvalue weighted by Gasteiger charge is -2.18. The van der Waals surface area contributed by atoms with Crippen molar-refractivity contribution in [2.45, 2.75) is 12.6 Å². The van der Waals surface area contributed by atoms with Crippen molar-refractivity contribution in [2.24, 2.45) is 0 Å². The van der Waals surface area contributed by atoms with Crippen molar-refractivity contribution in [1.82, 2.24) is 16.0 Å². The molecule has 26 heavy (non-hydrogen) atoms. The maximum atomic E-state index is 12.1. The summed E-state index contributed by atoms with van der Waals surface area (Å²) in [4.78, 5) is 45.7. The normalized spacial score (nSPS) is 11.3. The zero-order valence-corrected chi connectivity index (χ0v) is 16.0. The highest BCUT2D eigenvalue weighted by Gasteiger charge is 2.21. The topological polar surface area (TPSA) is 134 Å². The molecule has 0 heterocycles. The van der Waals surface area contributed by atoms with Crippen molar-refractivity contribution in [3.8, 4) is 0 Å². The highest BCUT2D eigenvalue weighted by molar-refractivity contribution is 14.1. The molecule has 0 aliphatic carbocycles. The van der Waals surface area contributed by atoms with Gasteiger partial charge in [0.1, 0.15) is 12.6 Å². The lowest BCUT2D eigenvalue weighted by molar-refractivity contribution is -0.138. The van der Waals surface area contributed by atoms with Gasteiger partial charge in [0.15, 0.2) is 0 Å². The molecule has 3 amide bonds. The van der Waals surface area contributed by atoms with Gasteiger partial charge in [0.2, 0.25) is 17.7 Å². The Morgan fingerprint density at radius 2 is 1.73 bits per heavy atom. The number of carbonyl (C=O) groups excluding carboxylic acids is 3. The SMILES string of the molecule is O=C(O)CNC(=O)C(COCc1[13cH][13cH][13cH][13cH][13cH]1)N[13C](=O)[13CH2]NC(=O)CI. The zero-order valence-electron chi connectivity index (χ0n) is 13.9. The van der Waals surface area contributed by atoms with Gasteiger partial charge in [-0.25, -0.2) is 0 Å². The number of alkyl halides is 1. The fourth-order valence-electron chi connectivity index (χ4n) is 1.81. The van der Waals surface area contributed by atoms with E-state index in [0.29, 0.717) is 0 Å². The van der Waals surface area contributed by atoms with Gasteiger partial charge >= 0.3 is 5.97 Å². The second-order valence-corrected chi connectivity index (χ2v) is 5.91. The lowest BCUT2D eigenvalue weighted by Crippen LogP contribution is -2.52. The number of ether oxygens (including phenoxy) is 1. The molecule has 1 unspecified atom stereocenters. The molecule has 1 rings (SSSR count). The van der Waals surface area contributed by atoms with Crippen LogP contribution in [0.1, 0.15) is 5.56 Å². The number of carboxylic acid groups (broad SMARTS) is 1. The fourth-order valence-corrected chi connectivity index (χ4v) is 2.08. The molecule has 0 radical (unpaired) electrons. The first-order valence-corrected chi connectivity index (χ1v) is 9.18. The molecule has 0 spiro atoms. The van der Waals surface area contributed by atoms with Crippen molar-refractivity contribution in [3.63, 3.8) is 0 Å². The maximum absolute atomic E-state index is 12.1. The molecule has 1 aromatic rings. The molecule has 0 aliphatic rings. The molecule has 10 heteroatoms. The number of hydrogen-bond acceptors (Lipinski definition) is 5. The van der Waals surface area contributed by atoms with Gasteiger partial charge in [-0.3, -0.25) is 19.2 Å². The second kappa shape index (κ2) is 12.2. The van der Waals surface area contributed by atoms with E-state index < -0.39 is 30.4 Å². The first kappa shape index (κ1) is 21.8. The minimum Gasteiger partial charge on any atom is -0.480 e. The summed E-state index contributed by atoms with van der Waals surface area (Å²) in [5.41, 5.74) is 0.887. The predicted molar refractivity (Wildman–Crippen MR) is 101 cm³/mol. The zero-order chi connectivity index (χ0) is 19.4. The van der Waals surface area contributed by atoms with E-state index in [4.69, 9.17) is 9.84 Å². The highest BCUT2D eigenvalue weighted by atomic mass is 127. The van der Waals surface area contributed by atoms with E-state index >= 15 is 0 Å². The van der Waals surface area contributed by atoms with Crippen LogP contribution in [0.2, 0.25) is 0 Å². The van der Waals surface area contributed by atoms with Crippen LogP contribution in [0, 0.1) is 0 Å². The minimum atomic E-state index is -1.21. The monoisotopic (exact) mass is 484 g/mol. The fraction of sp³-hybridized carbons (Fsp3) is 0.375. The molecule has 9 nitrogen and oxygen atoms in total. The summed E-state index contributed by atoms with van der Waals surface area (Å²) >= 11 is 1.85. The molecular weight excluding hydrogens is 464 g/mol. The van der Waals surface area contributed by atoms with Crippen molar-refractivity contribution >= 4 is 46.3 Å². The molecule has 0 fully saturated rings. The Morgan fingerprint density at radius 3 is 2.35 bits per heavy atom. The van der Waals surface area contributed by atoms with E-state index in [0.717, 1.165) is 5.56 Å². The van der Waals surface area contributed by atoms with Crippen LogP contribution in [0.4, 0.5) is 0 Å². The smallest absolute Gasteiger partial charge is 0.322 e. The number of hydrogen-bond donors (Lipinski definition) is 4. The number of benzene rings is 1. The quantitative estimate of drug-likeness (QED) is 0.189. The molecule has 0 bridgehead atoms. The average molecular weight is 484 g/mol. The molecule has 142 valence electrons. The summed E-state index contributed by atoms with van der Waals surface area (Å²) in [6.45, 7) is -0.782. The third-order valence-corrected chi connectivity index (χ3v) is 3.72. The summed E-state index contributed by atoms with van der Waals surface area (Å²) in [6.07, 6.45) is 0. The van der Waals surface area contributed by atoms with E-state index in [9.17, 15) is 19.2 Å². The Bertz CT molecular complexity index is 626. The van der Waals surface area contributed by atoms with Gasteiger partial charge in [0, 0.05) is 0 Å². The summed E-state index contributed by atoms with van der Waals surface area (Å²) in [5, 5.41) is 15.6. The van der Waals surface area contributed by atoms with Crippen LogP contribution in [0.25, 0.3) is 0 Å². The number of halogens is 1. The minimum absolute atomic E-state index is 0.147. The van der Waals surface area contributed by atoms with E-state index in [1.165, 1.54) is 0 Å². The number of aliphatic carboxylic acids is 1. The van der Waals surface area contributed by atoms with Crippen molar-refractivity contribution < 1.29 is 29.0 Å². The van der Waals surface area contributed by atoms with E-state index in [1.807, 2.05) is 52.9 Å². The number of carboxylic acids is 1. The Morgan fingerprint density at radius 1 is 1.04 bits per heavy atom. The molecule has 1 aromatic carbocycles. The Labute approximate surface area is 164 Å². The maximum Gasteiger partial charge on any atom is 0.322 e. The molecule has 1 atom stereocenters. The lowest BCUT2D eigenvalue weighted by atomic mass is 10.3. The molecule has 4 N–H and O–H groups in total. The van der Waals surface area contributed by atoms with E-state index in [-0.39, 0.29) is 30.1 Å². The summed E-state index contributed by atoms with van der Waals surface area (Å²) < 4.78 is 5.65. The summed E-state index contributed by atoms with van der Waals surface area (Å²) in [7, 11) is 0. The molecule has 0 aromatic heterocycles. The Kier molecular flexibility index (Phi) is 10.2. The van der Waals surface area contributed by atoms with Gasteiger partial charge in [-0.2, -0.15) is 0 Å². The van der Waals surface area contributed by atoms with Crippen LogP contribution in [0.3, 0.4) is 0 Å². The van der Waals surface area contributed by atoms with E-state index in [2.05, 4.69) is 16.0 Å². The number of nitrogens with one attached hydrogen (secondary N) is 3. The first-order chi connectivity index (χ1) is 12.4. The van der Waals surface area contributed by atoms with Crippen LogP contribution < -0.4 is 16.0 Å². The van der Waals surface area contributed by atoms with Gasteiger partial charge < -0.3 is 25.8 Å². The van der Waals surface area contributed by atoms with Crippen LogP contribution in [0.5, 0.6) is 0 Å². The van der Waals surface area contributed by atoms with Crippen LogP contribution in [0.15, 0.2) is 30.3 Å². The van der Waals surface area contributed by atoms with Gasteiger partial charge in [0.25, 0.3) is 0 Å². The number of rotatable bonds is 11. The molecular formula is C16H20IN3O6. The van der Waals surface area contributed by atoms with Crippen molar-refractivity contribution in [1.29, 1.82) is 0 Å². The van der Waals surface area contributed by atoms with Crippen LogP contribution in [-0.2, 0) is 30.5 Å². The highest BCUT2D eigenvalue weighted by Crippen LogP contribution is 2.01. The summed E-state index contributed by atoms with van der Waals surface area (Å²) in [6, 6.07) is 8.15. The molecule has 0 aliphatic heterocycles. The first-order valence-electron chi connectivity index (χ1n) is 7.65. The standard InChI is InChI=1S/C16H20IN3O6/c17-6-13(21)18-7-14(22)20-12(16(25)19-8-15(23)24)10-26-9-11-4-2-1-3-5-11/h1-5,12H,6-10H2,(H,18,21)(H,19,25)(H,20,22)(H,23,24)/i1+1,2+1,3+1,4+1,5+1,7+1,14+1. The molecule has 0 saturated carbocycles. The van der Waals surface area contributed by atoms with Crippen molar-refractivity contribution in [2.75, 3.05) is 24.1 Å². The number of amides is 3. The van der Waals surface area contributed by atoms with Gasteiger partial charge in [-0.15, -0.1) is 0 Å². The second-order valence-electron chi connectivity index (χ2n) is 5.14. The Balaban J connectivity index is 2.56. The van der Waals surface area contributed by atoms with Crippen LogP contribution >= 0.6 is 22.6 Å².